The summed E-state index contributed by atoms with van der Waals surface area (Å²) in [5.74, 6) is -0.105. The van der Waals surface area contributed by atoms with Gasteiger partial charge in [0, 0.05) is 17.7 Å². The second-order valence-electron chi connectivity index (χ2n) is 5.47. The first-order chi connectivity index (χ1) is 9.05. The summed E-state index contributed by atoms with van der Waals surface area (Å²) < 4.78 is 21.6. The molecule has 0 amide bonds. The summed E-state index contributed by atoms with van der Waals surface area (Å²) in [5.41, 5.74) is 1.68. The average Bonchev–Trinajstić information content (AvgIpc) is 2.91. The molecule has 1 aliphatic carbocycles. The van der Waals surface area contributed by atoms with Gasteiger partial charge in [-0.3, -0.25) is 0 Å². The zero-order valence-corrected chi connectivity index (χ0v) is 11.9. The number of ether oxygens (including phenoxy) is 1. The van der Waals surface area contributed by atoms with Gasteiger partial charge in [-0.25, -0.2) is 4.39 Å². The van der Waals surface area contributed by atoms with Gasteiger partial charge in [0.25, 0.3) is 0 Å². The van der Waals surface area contributed by atoms with Crippen molar-refractivity contribution in [1.29, 1.82) is 0 Å². The van der Waals surface area contributed by atoms with Crippen LogP contribution in [0.15, 0.2) is 12.1 Å². The third kappa shape index (κ3) is 1.87. The van der Waals surface area contributed by atoms with Crippen LogP contribution in [-0.4, -0.2) is 16.7 Å². The predicted octanol–water partition coefficient (Wildman–Crippen LogP) is 4.14. The van der Waals surface area contributed by atoms with Gasteiger partial charge in [-0.05, 0) is 32.0 Å². The highest BCUT2D eigenvalue weighted by Gasteiger charge is 2.32. The second-order valence-corrected chi connectivity index (χ2v) is 5.86. The van der Waals surface area contributed by atoms with Crippen molar-refractivity contribution < 1.29 is 9.13 Å². The molecule has 1 saturated carbocycles. The van der Waals surface area contributed by atoms with Crippen LogP contribution in [0.3, 0.4) is 0 Å². The number of nitrogens with zero attached hydrogens (tertiary/aromatic N) is 1. The molecule has 0 aliphatic heterocycles. The van der Waals surface area contributed by atoms with E-state index in [9.17, 15) is 4.39 Å². The largest absolute Gasteiger partial charge is 0.494 e. The Labute approximate surface area is 116 Å². The average molecular weight is 280 g/mol. The van der Waals surface area contributed by atoms with Crippen LogP contribution < -0.4 is 4.74 Å². The van der Waals surface area contributed by atoms with Crippen LogP contribution in [-0.2, 0) is 5.54 Å². The van der Waals surface area contributed by atoms with Crippen molar-refractivity contribution in [2.75, 3.05) is 7.11 Å². The van der Waals surface area contributed by atoms with Crippen molar-refractivity contribution in [3.63, 3.8) is 0 Å². The fourth-order valence-corrected chi connectivity index (χ4v) is 3.59. The third-order valence-electron chi connectivity index (χ3n) is 4.18. The normalized spacial score (nSPS) is 18.1. The van der Waals surface area contributed by atoms with Crippen molar-refractivity contribution in [1.82, 2.24) is 9.55 Å². The Balaban J connectivity index is 2.29. The fourth-order valence-electron chi connectivity index (χ4n) is 3.16. The fraction of sp³-hybridized carbons (Fsp3) is 0.500. The van der Waals surface area contributed by atoms with E-state index in [1.807, 2.05) is 0 Å². The molecular weight excluding hydrogens is 263 g/mol. The monoisotopic (exact) mass is 280 g/mol. The molecule has 3 rings (SSSR count). The number of nitrogens with one attached hydrogen (secondary N) is 1. The number of halogens is 1. The number of methoxy groups -OCH3 is 1. The number of aromatic nitrogens is 2. The molecule has 1 N–H and O–H groups in total. The van der Waals surface area contributed by atoms with Gasteiger partial charge < -0.3 is 14.3 Å². The van der Waals surface area contributed by atoms with Gasteiger partial charge in [-0.1, -0.05) is 12.8 Å². The number of benzene rings is 1. The molecule has 1 heterocycles. The molecule has 1 aliphatic rings. The van der Waals surface area contributed by atoms with Gasteiger partial charge >= 0.3 is 0 Å². The van der Waals surface area contributed by atoms with E-state index in [2.05, 4.69) is 16.5 Å². The summed E-state index contributed by atoms with van der Waals surface area (Å²) >= 11 is 5.43. The molecule has 1 aromatic heterocycles. The maximum absolute atomic E-state index is 13.7. The number of aromatic amines is 1. The maximum atomic E-state index is 13.7. The number of fused-ring (bicyclic) bond motifs is 1. The molecule has 3 nitrogen and oxygen atoms in total. The van der Waals surface area contributed by atoms with E-state index in [1.165, 1.54) is 26.0 Å². The van der Waals surface area contributed by atoms with Crippen LogP contribution in [0, 0.1) is 10.6 Å². The van der Waals surface area contributed by atoms with E-state index in [-0.39, 0.29) is 17.1 Å². The summed E-state index contributed by atoms with van der Waals surface area (Å²) in [6, 6.07) is 3.19. The highest BCUT2D eigenvalue weighted by molar-refractivity contribution is 7.71. The standard InChI is InChI=1S/C14H17FN2OS/c1-14(5-3-4-6-14)17-11-8-12(18-2)9(15)7-10(11)16-13(17)19/h7-8H,3-6H2,1-2H3,(H,16,19). The molecule has 102 valence electrons. The predicted molar refractivity (Wildman–Crippen MR) is 75.7 cm³/mol. The van der Waals surface area contributed by atoms with Crippen LogP contribution in [0.5, 0.6) is 5.75 Å². The van der Waals surface area contributed by atoms with Crippen molar-refractivity contribution in [3.8, 4) is 5.75 Å². The van der Waals surface area contributed by atoms with Crippen molar-refractivity contribution in [3.05, 3.63) is 22.7 Å². The molecule has 0 unspecified atom stereocenters. The third-order valence-corrected chi connectivity index (χ3v) is 4.46. The Hall–Kier alpha value is -1.36. The van der Waals surface area contributed by atoms with Crippen LogP contribution in [0.25, 0.3) is 11.0 Å². The zero-order valence-electron chi connectivity index (χ0n) is 11.1. The minimum absolute atomic E-state index is 0.0260. The van der Waals surface area contributed by atoms with Crippen LogP contribution in [0.2, 0.25) is 0 Å². The van der Waals surface area contributed by atoms with E-state index in [1.54, 1.807) is 6.07 Å². The van der Waals surface area contributed by atoms with Crippen molar-refractivity contribution in [2.24, 2.45) is 0 Å². The van der Waals surface area contributed by atoms with Crippen molar-refractivity contribution >= 4 is 23.3 Å². The number of H-pyrrole nitrogens is 1. The lowest BCUT2D eigenvalue weighted by Gasteiger charge is -2.26. The lowest BCUT2D eigenvalue weighted by Crippen LogP contribution is -2.26. The zero-order chi connectivity index (χ0) is 13.6. The number of hydrogen-bond acceptors (Lipinski definition) is 2. The quantitative estimate of drug-likeness (QED) is 0.838. The summed E-state index contributed by atoms with van der Waals surface area (Å²) in [6.07, 6.45) is 4.63. The molecule has 1 fully saturated rings. The lowest BCUT2D eigenvalue weighted by molar-refractivity contribution is 0.334. The minimum Gasteiger partial charge on any atom is -0.494 e. The summed E-state index contributed by atoms with van der Waals surface area (Å²) in [4.78, 5) is 3.10. The summed E-state index contributed by atoms with van der Waals surface area (Å²) in [6.45, 7) is 2.22. The Morgan fingerprint density at radius 3 is 2.68 bits per heavy atom. The summed E-state index contributed by atoms with van der Waals surface area (Å²) in [7, 11) is 1.48. The topological polar surface area (TPSA) is 29.9 Å². The van der Waals surface area contributed by atoms with Gasteiger partial charge in [-0.2, -0.15) is 0 Å². The van der Waals surface area contributed by atoms with Crippen LogP contribution in [0.1, 0.15) is 32.6 Å². The Morgan fingerprint density at radius 2 is 2.05 bits per heavy atom. The molecule has 1 aromatic carbocycles. The van der Waals surface area contributed by atoms with Crippen molar-refractivity contribution in [2.45, 2.75) is 38.1 Å². The van der Waals surface area contributed by atoms with Gasteiger partial charge in [0.2, 0.25) is 0 Å². The number of imidazole rings is 1. The highest BCUT2D eigenvalue weighted by Crippen LogP contribution is 2.39. The van der Waals surface area contributed by atoms with Gasteiger partial charge in [0.15, 0.2) is 16.3 Å². The smallest absolute Gasteiger partial charge is 0.178 e. The molecule has 19 heavy (non-hydrogen) atoms. The van der Waals surface area contributed by atoms with Crippen LogP contribution in [0.4, 0.5) is 4.39 Å². The van der Waals surface area contributed by atoms with E-state index in [4.69, 9.17) is 17.0 Å². The first-order valence-corrected chi connectivity index (χ1v) is 6.95. The maximum Gasteiger partial charge on any atom is 0.178 e. The molecule has 5 heteroatoms. The minimum atomic E-state index is -0.366. The molecule has 2 aromatic rings. The Morgan fingerprint density at radius 1 is 1.37 bits per heavy atom. The second kappa shape index (κ2) is 4.34. The Kier molecular flexibility index (Phi) is 2.89. The Bertz CT molecular complexity index is 683. The van der Waals surface area contributed by atoms with Gasteiger partial charge in [0.1, 0.15) is 0 Å². The lowest BCUT2D eigenvalue weighted by atomic mass is 10.00. The molecule has 0 spiro atoms. The summed E-state index contributed by atoms with van der Waals surface area (Å²) in [5, 5.41) is 0. The highest BCUT2D eigenvalue weighted by atomic mass is 32.1. The first kappa shape index (κ1) is 12.7. The van der Waals surface area contributed by atoms with E-state index in [0.29, 0.717) is 4.77 Å². The molecule has 0 radical (unpaired) electrons. The van der Waals surface area contributed by atoms with E-state index in [0.717, 1.165) is 23.9 Å². The molecule has 0 bridgehead atoms. The van der Waals surface area contributed by atoms with Crippen LogP contribution >= 0.6 is 12.2 Å². The molecular formula is C14H17FN2OS. The van der Waals surface area contributed by atoms with Gasteiger partial charge in [-0.15, -0.1) is 0 Å². The molecule has 0 saturated heterocycles. The van der Waals surface area contributed by atoms with Gasteiger partial charge in [0.05, 0.1) is 18.1 Å². The molecule has 0 atom stereocenters. The first-order valence-electron chi connectivity index (χ1n) is 6.54. The van der Waals surface area contributed by atoms with E-state index >= 15 is 0 Å². The van der Waals surface area contributed by atoms with E-state index < -0.39 is 0 Å². The number of rotatable bonds is 2. The SMILES string of the molecule is COc1cc2c(cc1F)[nH]c(=S)n2C1(C)CCCC1. The number of hydrogen-bond donors (Lipinski definition) is 1.